The van der Waals surface area contributed by atoms with E-state index in [0.717, 1.165) is 13.0 Å². The van der Waals surface area contributed by atoms with Crippen LogP contribution in [0.5, 0.6) is 0 Å². The number of halogens is 3. The quantitative estimate of drug-likeness (QED) is 0.687. The zero-order chi connectivity index (χ0) is 10.6. The standard InChI is InChI=1S/C9H17F3N2/c1-7-2-4-14-8(7)6-13-5-3-9(10,11)12/h7-8,13-14H,2-6H2,1H3. The van der Waals surface area contributed by atoms with Gasteiger partial charge < -0.3 is 10.6 Å². The van der Waals surface area contributed by atoms with Crippen LogP contribution >= 0.6 is 0 Å². The van der Waals surface area contributed by atoms with E-state index in [9.17, 15) is 13.2 Å². The van der Waals surface area contributed by atoms with E-state index in [1.54, 1.807) is 0 Å². The van der Waals surface area contributed by atoms with E-state index in [0.29, 0.717) is 18.5 Å². The van der Waals surface area contributed by atoms with E-state index in [4.69, 9.17) is 0 Å². The third-order valence-corrected chi connectivity index (χ3v) is 2.64. The molecule has 0 amide bonds. The van der Waals surface area contributed by atoms with Crippen molar-refractivity contribution in [1.29, 1.82) is 0 Å². The van der Waals surface area contributed by atoms with Gasteiger partial charge in [0.15, 0.2) is 0 Å². The van der Waals surface area contributed by atoms with Crippen molar-refractivity contribution < 1.29 is 13.2 Å². The van der Waals surface area contributed by atoms with Gasteiger partial charge >= 0.3 is 6.18 Å². The summed E-state index contributed by atoms with van der Waals surface area (Å²) in [4.78, 5) is 0. The Morgan fingerprint density at radius 1 is 1.43 bits per heavy atom. The summed E-state index contributed by atoms with van der Waals surface area (Å²) < 4.78 is 35.3. The molecule has 1 aliphatic rings. The topological polar surface area (TPSA) is 24.1 Å². The van der Waals surface area contributed by atoms with Crippen molar-refractivity contribution in [3.63, 3.8) is 0 Å². The minimum atomic E-state index is -4.04. The lowest BCUT2D eigenvalue weighted by atomic mass is 10.0. The Bertz CT molecular complexity index is 170. The Morgan fingerprint density at radius 2 is 2.14 bits per heavy atom. The first-order valence-electron chi connectivity index (χ1n) is 5.00. The first-order chi connectivity index (χ1) is 6.49. The van der Waals surface area contributed by atoms with Crippen molar-refractivity contribution in [2.45, 2.75) is 32.0 Å². The van der Waals surface area contributed by atoms with E-state index in [1.807, 2.05) is 0 Å². The Hall–Kier alpha value is -0.290. The molecule has 5 heteroatoms. The van der Waals surface area contributed by atoms with E-state index < -0.39 is 12.6 Å². The molecular weight excluding hydrogens is 193 g/mol. The maximum Gasteiger partial charge on any atom is 0.390 e. The molecule has 2 N–H and O–H groups in total. The van der Waals surface area contributed by atoms with Crippen LogP contribution in [0.4, 0.5) is 13.2 Å². The van der Waals surface area contributed by atoms with Gasteiger partial charge in [-0.05, 0) is 18.9 Å². The molecule has 0 aromatic carbocycles. The summed E-state index contributed by atoms with van der Waals surface area (Å²) in [5.41, 5.74) is 0. The molecule has 0 aromatic heterocycles. The average molecular weight is 210 g/mol. The normalized spacial score (nSPS) is 28.3. The van der Waals surface area contributed by atoms with Gasteiger partial charge in [-0.15, -0.1) is 0 Å². The number of alkyl halides is 3. The monoisotopic (exact) mass is 210 g/mol. The second-order valence-corrected chi connectivity index (χ2v) is 3.90. The van der Waals surface area contributed by atoms with Crippen LogP contribution in [0.3, 0.4) is 0 Å². The van der Waals surface area contributed by atoms with Gasteiger partial charge in [0, 0.05) is 19.1 Å². The predicted octanol–water partition coefficient (Wildman–Crippen LogP) is 1.53. The van der Waals surface area contributed by atoms with Crippen LogP contribution in [0.1, 0.15) is 19.8 Å². The van der Waals surface area contributed by atoms with Crippen LogP contribution in [0.2, 0.25) is 0 Å². The third-order valence-electron chi connectivity index (χ3n) is 2.64. The molecule has 0 aliphatic carbocycles. The molecule has 0 radical (unpaired) electrons. The summed E-state index contributed by atoms with van der Waals surface area (Å²) >= 11 is 0. The molecule has 0 bridgehead atoms. The van der Waals surface area contributed by atoms with Crippen LogP contribution in [-0.2, 0) is 0 Å². The fourth-order valence-electron chi connectivity index (χ4n) is 1.66. The highest BCUT2D eigenvalue weighted by Gasteiger charge is 2.27. The van der Waals surface area contributed by atoms with Crippen molar-refractivity contribution in [2.24, 2.45) is 5.92 Å². The zero-order valence-corrected chi connectivity index (χ0v) is 8.32. The van der Waals surface area contributed by atoms with Gasteiger partial charge in [0.1, 0.15) is 0 Å². The van der Waals surface area contributed by atoms with E-state index in [-0.39, 0.29) is 6.54 Å². The van der Waals surface area contributed by atoms with Gasteiger partial charge in [-0.3, -0.25) is 0 Å². The van der Waals surface area contributed by atoms with Gasteiger partial charge in [0.25, 0.3) is 0 Å². The molecule has 2 atom stereocenters. The largest absolute Gasteiger partial charge is 0.390 e. The van der Waals surface area contributed by atoms with Crippen LogP contribution in [0.15, 0.2) is 0 Å². The second kappa shape index (κ2) is 4.98. The Morgan fingerprint density at radius 3 is 2.64 bits per heavy atom. The molecule has 2 unspecified atom stereocenters. The van der Waals surface area contributed by atoms with Gasteiger partial charge in [0.2, 0.25) is 0 Å². The molecule has 1 aliphatic heterocycles. The summed E-state index contributed by atoms with van der Waals surface area (Å²) in [6, 6.07) is 0.336. The summed E-state index contributed by atoms with van der Waals surface area (Å²) in [7, 11) is 0. The van der Waals surface area contributed by atoms with Crippen molar-refractivity contribution in [2.75, 3.05) is 19.6 Å². The highest BCUT2D eigenvalue weighted by molar-refractivity contribution is 4.82. The van der Waals surface area contributed by atoms with Crippen molar-refractivity contribution in [1.82, 2.24) is 10.6 Å². The molecule has 84 valence electrons. The van der Waals surface area contributed by atoms with Crippen LogP contribution in [-0.4, -0.2) is 31.9 Å². The molecular formula is C9H17F3N2. The number of hydrogen-bond acceptors (Lipinski definition) is 2. The summed E-state index contributed by atoms with van der Waals surface area (Å²) in [5, 5.41) is 6.09. The molecule has 0 spiro atoms. The first-order valence-corrected chi connectivity index (χ1v) is 5.00. The van der Waals surface area contributed by atoms with Crippen molar-refractivity contribution in [3.8, 4) is 0 Å². The molecule has 2 nitrogen and oxygen atoms in total. The first kappa shape index (κ1) is 11.8. The molecule has 0 saturated carbocycles. The van der Waals surface area contributed by atoms with Crippen LogP contribution < -0.4 is 10.6 Å². The smallest absolute Gasteiger partial charge is 0.315 e. The third kappa shape index (κ3) is 4.28. The Balaban J connectivity index is 2.04. The minimum absolute atomic E-state index is 0.0222. The fraction of sp³-hybridized carbons (Fsp3) is 1.00. The SMILES string of the molecule is CC1CCNC1CNCCC(F)(F)F. The van der Waals surface area contributed by atoms with Gasteiger partial charge in [-0.2, -0.15) is 13.2 Å². The molecule has 1 saturated heterocycles. The number of nitrogens with one attached hydrogen (secondary N) is 2. The molecule has 1 rings (SSSR count). The van der Waals surface area contributed by atoms with Crippen LogP contribution in [0.25, 0.3) is 0 Å². The lowest BCUT2D eigenvalue weighted by Gasteiger charge is -2.16. The highest BCUT2D eigenvalue weighted by atomic mass is 19.4. The molecule has 14 heavy (non-hydrogen) atoms. The maximum atomic E-state index is 11.8. The lowest BCUT2D eigenvalue weighted by Crippen LogP contribution is -2.38. The van der Waals surface area contributed by atoms with Gasteiger partial charge in [-0.25, -0.2) is 0 Å². The van der Waals surface area contributed by atoms with Crippen molar-refractivity contribution in [3.05, 3.63) is 0 Å². The minimum Gasteiger partial charge on any atom is -0.315 e. The van der Waals surface area contributed by atoms with E-state index >= 15 is 0 Å². The summed E-state index contributed by atoms with van der Waals surface area (Å²) in [6.07, 6.45) is -3.67. The Kier molecular flexibility index (Phi) is 4.19. The average Bonchev–Trinajstić information content (AvgIpc) is 2.44. The summed E-state index contributed by atoms with van der Waals surface area (Å²) in [5.74, 6) is 0.563. The number of hydrogen-bond donors (Lipinski definition) is 2. The molecule has 0 aromatic rings. The Labute approximate surface area is 82.2 Å². The fourth-order valence-corrected chi connectivity index (χ4v) is 1.66. The maximum absolute atomic E-state index is 11.8. The molecule has 1 heterocycles. The lowest BCUT2D eigenvalue weighted by molar-refractivity contribution is -0.133. The van der Waals surface area contributed by atoms with Crippen molar-refractivity contribution >= 4 is 0 Å². The predicted molar refractivity (Wildman–Crippen MR) is 49.1 cm³/mol. The highest BCUT2D eigenvalue weighted by Crippen LogP contribution is 2.18. The van der Waals surface area contributed by atoms with Gasteiger partial charge in [0.05, 0.1) is 6.42 Å². The molecule has 1 fully saturated rings. The zero-order valence-electron chi connectivity index (χ0n) is 8.32. The van der Waals surface area contributed by atoms with E-state index in [1.165, 1.54) is 0 Å². The summed E-state index contributed by atoms with van der Waals surface area (Å²) in [6.45, 7) is 3.76. The number of rotatable bonds is 4. The van der Waals surface area contributed by atoms with E-state index in [2.05, 4.69) is 17.6 Å². The van der Waals surface area contributed by atoms with Gasteiger partial charge in [-0.1, -0.05) is 6.92 Å². The second-order valence-electron chi connectivity index (χ2n) is 3.90. The van der Waals surface area contributed by atoms with Crippen LogP contribution in [0, 0.1) is 5.92 Å².